The Bertz CT molecular complexity index is 954. The van der Waals surface area contributed by atoms with Crippen molar-refractivity contribution >= 4 is 28.5 Å². The molecule has 0 unspecified atom stereocenters. The molecule has 0 spiro atoms. The van der Waals surface area contributed by atoms with Crippen LogP contribution in [0.4, 0.5) is 0 Å². The number of nitrogens with one attached hydrogen (secondary N) is 1. The van der Waals surface area contributed by atoms with E-state index in [0.717, 1.165) is 16.8 Å². The number of aliphatic carboxylic acids is 1. The van der Waals surface area contributed by atoms with Crippen LogP contribution in [0, 0.1) is 5.41 Å². The van der Waals surface area contributed by atoms with E-state index in [-0.39, 0.29) is 5.71 Å². The Kier molecular flexibility index (Phi) is 6.18. The average molecular weight is 369 g/mol. The average Bonchev–Trinajstić information content (AvgIpc) is 2.93. The fraction of sp³-hybridized carbons (Fsp3) is 0.250. The lowest BCUT2D eigenvalue weighted by molar-refractivity contribution is -0.139. The first-order valence-electron chi connectivity index (χ1n) is 8.49. The van der Waals surface area contributed by atoms with E-state index in [4.69, 9.17) is 21.0 Å². The van der Waals surface area contributed by atoms with Gasteiger partial charge in [0.2, 0.25) is 0 Å². The van der Waals surface area contributed by atoms with E-state index in [2.05, 4.69) is 6.58 Å². The molecule has 0 fully saturated rings. The van der Waals surface area contributed by atoms with Crippen molar-refractivity contribution in [1.82, 2.24) is 4.57 Å². The summed E-state index contributed by atoms with van der Waals surface area (Å²) in [6.07, 6.45) is 4.31. The lowest BCUT2D eigenvalue weighted by Gasteiger charge is -2.11. The van der Waals surface area contributed by atoms with E-state index >= 15 is 0 Å². The van der Waals surface area contributed by atoms with Crippen molar-refractivity contribution in [2.24, 2.45) is 5.73 Å². The van der Waals surface area contributed by atoms with Crippen LogP contribution in [-0.4, -0.2) is 33.9 Å². The standard InChI is InChI=1S/C20H23N3O4/c1-4-7-12(3)10-23-13(5-2)18(19(21)20(22)26)17-14(23)8-6-9-15(17)27-11-16(24)25/h4,6-9,21H,3,5,10-11H2,1-2H3,(H2,22,26)(H,24,25)/b7-4-,21-19?. The van der Waals surface area contributed by atoms with E-state index in [1.807, 2.05) is 36.6 Å². The number of carbonyl (C=O) groups is 2. The molecule has 0 atom stereocenters. The second-order valence-corrected chi connectivity index (χ2v) is 5.99. The van der Waals surface area contributed by atoms with Gasteiger partial charge in [-0.05, 0) is 31.1 Å². The lowest BCUT2D eigenvalue weighted by atomic mass is 10.0. The second kappa shape index (κ2) is 8.35. The Morgan fingerprint density at radius 1 is 1.41 bits per heavy atom. The number of hydrogen-bond acceptors (Lipinski definition) is 4. The van der Waals surface area contributed by atoms with E-state index in [1.54, 1.807) is 12.1 Å². The highest BCUT2D eigenvalue weighted by Crippen LogP contribution is 2.35. The van der Waals surface area contributed by atoms with Gasteiger partial charge < -0.3 is 20.1 Å². The van der Waals surface area contributed by atoms with Crippen molar-refractivity contribution in [2.45, 2.75) is 26.8 Å². The smallest absolute Gasteiger partial charge is 0.341 e. The molecule has 7 heteroatoms. The van der Waals surface area contributed by atoms with Crippen LogP contribution in [-0.2, 0) is 22.6 Å². The van der Waals surface area contributed by atoms with Gasteiger partial charge in [-0.25, -0.2) is 4.79 Å². The summed E-state index contributed by atoms with van der Waals surface area (Å²) < 4.78 is 7.37. The molecule has 7 nitrogen and oxygen atoms in total. The fourth-order valence-corrected chi connectivity index (χ4v) is 3.11. The highest BCUT2D eigenvalue weighted by atomic mass is 16.5. The monoisotopic (exact) mass is 369 g/mol. The van der Waals surface area contributed by atoms with Gasteiger partial charge in [-0.3, -0.25) is 10.2 Å². The number of aromatic nitrogens is 1. The zero-order valence-electron chi connectivity index (χ0n) is 15.4. The summed E-state index contributed by atoms with van der Waals surface area (Å²) in [6.45, 7) is 7.77. The van der Waals surface area contributed by atoms with Gasteiger partial charge in [0.25, 0.3) is 5.91 Å². The Labute approximate surface area is 157 Å². The minimum atomic E-state index is -1.12. The molecule has 0 bridgehead atoms. The highest BCUT2D eigenvalue weighted by Gasteiger charge is 2.25. The van der Waals surface area contributed by atoms with Crippen LogP contribution in [0.15, 0.2) is 42.5 Å². The van der Waals surface area contributed by atoms with Crippen molar-refractivity contribution in [2.75, 3.05) is 6.61 Å². The molecule has 4 N–H and O–H groups in total. The number of nitrogens with zero attached hydrogens (tertiary/aromatic N) is 1. The fourth-order valence-electron chi connectivity index (χ4n) is 3.11. The zero-order chi connectivity index (χ0) is 20.1. The molecule has 27 heavy (non-hydrogen) atoms. The molecule has 1 heterocycles. The predicted octanol–water partition coefficient (Wildman–Crippen LogP) is 2.65. The second-order valence-electron chi connectivity index (χ2n) is 5.99. The van der Waals surface area contributed by atoms with Crippen molar-refractivity contribution < 1.29 is 19.4 Å². The number of fused-ring (bicyclic) bond motifs is 1. The van der Waals surface area contributed by atoms with Gasteiger partial charge in [0.15, 0.2) is 6.61 Å². The van der Waals surface area contributed by atoms with Crippen LogP contribution in [0.3, 0.4) is 0 Å². The Morgan fingerprint density at radius 3 is 2.67 bits per heavy atom. The minimum absolute atomic E-state index is 0.293. The Hall–Kier alpha value is -3.35. The van der Waals surface area contributed by atoms with Gasteiger partial charge in [0.05, 0.1) is 10.9 Å². The molecule has 0 saturated heterocycles. The maximum Gasteiger partial charge on any atom is 0.341 e. The van der Waals surface area contributed by atoms with Crippen LogP contribution >= 0.6 is 0 Å². The molecule has 0 aliphatic rings. The maximum absolute atomic E-state index is 11.7. The summed E-state index contributed by atoms with van der Waals surface area (Å²) in [6, 6.07) is 5.20. The first-order valence-corrected chi connectivity index (χ1v) is 8.49. The third-order valence-corrected chi connectivity index (χ3v) is 4.11. The molecular weight excluding hydrogens is 346 g/mol. The first kappa shape index (κ1) is 20.0. The van der Waals surface area contributed by atoms with Crippen molar-refractivity contribution in [3.63, 3.8) is 0 Å². The number of benzene rings is 1. The molecule has 0 aliphatic carbocycles. The van der Waals surface area contributed by atoms with Crippen molar-refractivity contribution in [1.29, 1.82) is 5.41 Å². The van der Waals surface area contributed by atoms with E-state index in [1.165, 1.54) is 0 Å². The van der Waals surface area contributed by atoms with E-state index in [0.29, 0.717) is 29.7 Å². The normalized spacial score (nSPS) is 11.0. The van der Waals surface area contributed by atoms with Crippen molar-refractivity contribution in [3.05, 3.63) is 53.8 Å². The largest absolute Gasteiger partial charge is 0.481 e. The topological polar surface area (TPSA) is 118 Å². The lowest BCUT2D eigenvalue weighted by Crippen LogP contribution is -2.24. The molecule has 2 aromatic rings. The number of carboxylic acids is 1. The number of rotatable bonds is 9. The summed E-state index contributed by atoms with van der Waals surface area (Å²) in [5.74, 6) is -1.68. The molecule has 1 aromatic carbocycles. The summed E-state index contributed by atoms with van der Waals surface area (Å²) in [5, 5.41) is 17.6. The number of primary amides is 1. The first-order chi connectivity index (χ1) is 12.8. The summed E-state index contributed by atoms with van der Waals surface area (Å²) >= 11 is 0. The molecular formula is C20H23N3O4. The van der Waals surface area contributed by atoms with Crippen LogP contribution in [0.25, 0.3) is 10.9 Å². The SMILES string of the molecule is C=C(/C=C\C)Cn1c(CC)c(C(=N)C(N)=O)c2c(OCC(=O)O)cccc21. The number of amides is 1. The number of allylic oxidation sites excluding steroid dienone is 3. The number of carbonyl (C=O) groups excluding carboxylic acids is 1. The molecule has 1 amide bonds. The van der Waals surface area contributed by atoms with Crippen LogP contribution in [0.2, 0.25) is 0 Å². The van der Waals surface area contributed by atoms with Crippen LogP contribution in [0.5, 0.6) is 5.75 Å². The van der Waals surface area contributed by atoms with E-state index in [9.17, 15) is 9.59 Å². The van der Waals surface area contributed by atoms with Crippen LogP contribution < -0.4 is 10.5 Å². The van der Waals surface area contributed by atoms with Gasteiger partial charge in [-0.2, -0.15) is 0 Å². The van der Waals surface area contributed by atoms with Crippen LogP contribution in [0.1, 0.15) is 25.1 Å². The van der Waals surface area contributed by atoms with E-state index < -0.39 is 18.5 Å². The highest BCUT2D eigenvalue weighted by molar-refractivity contribution is 6.46. The van der Waals surface area contributed by atoms with Gasteiger partial charge in [-0.1, -0.05) is 31.7 Å². The molecule has 0 aliphatic heterocycles. The molecule has 0 saturated carbocycles. The molecule has 1 aromatic heterocycles. The van der Waals surface area contributed by atoms with Crippen molar-refractivity contribution in [3.8, 4) is 5.75 Å². The third kappa shape index (κ3) is 4.08. The minimum Gasteiger partial charge on any atom is -0.481 e. The molecule has 0 radical (unpaired) electrons. The quantitative estimate of drug-likeness (QED) is 0.465. The third-order valence-electron chi connectivity index (χ3n) is 4.11. The van der Waals surface area contributed by atoms with Gasteiger partial charge in [-0.15, -0.1) is 0 Å². The van der Waals surface area contributed by atoms with Gasteiger partial charge >= 0.3 is 5.97 Å². The van der Waals surface area contributed by atoms with Gasteiger partial charge in [0, 0.05) is 17.8 Å². The number of hydrogen-bond donors (Lipinski definition) is 3. The molecule has 2 rings (SSSR count). The predicted molar refractivity (Wildman–Crippen MR) is 104 cm³/mol. The number of nitrogens with two attached hydrogens (primary N) is 1. The Morgan fingerprint density at radius 2 is 2.11 bits per heavy atom. The van der Waals surface area contributed by atoms with Gasteiger partial charge in [0.1, 0.15) is 11.5 Å². The Balaban J connectivity index is 2.80. The summed E-state index contributed by atoms with van der Waals surface area (Å²) in [7, 11) is 0. The summed E-state index contributed by atoms with van der Waals surface area (Å²) in [5.41, 5.74) is 7.72. The molecule has 142 valence electrons. The number of carboxylic acid groups (broad SMARTS) is 1. The zero-order valence-corrected chi connectivity index (χ0v) is 15.4. The summed E-state index contributed by atoms with van der Waals surface area (Å²) in [4.78, 5) is 22.7. The number of ether oxygens (including phenoxy) is 1. The maximum atomic E-state index is 11.7.